The summed E-state index contributed by atoms with van der Waals surface area (Å²) in [6, 6.07) is 0. The molecule has 0 atom stereocenters. The zero-order valence-electron chi connectivity index (χ0n) is 12.5. The highest BCUT2D eigenvalue weighted by atomic mass is 35.5. The summed E-state index contributed by atoms with van der Waals surface area (Å²) in [5, 5.41) is 8.95. The zero-order valence-corrected chi connectivity index (χ0v) is 13.3. The smallest absolute Gasteiger partial charge is 0.0436 e. The maximum Gasteiger partial charge on any atom is 0.0436 e. The van der Waals surface area contributed by atoms with E-state index in [-0.39, 0.29) is 0 Å². The topological polar surface area (TPSA) is 20.2 Å². The SMILES string of the molecule is CC(C)(CCO)CCCCCCCCCCCCl. The maximum atomic E-state index is 8.95. The van der Waals surface area contributed by atoms with E-state index in [1.165, 1.54) is 64.2 Å². The van der Waals surface area contributed by atoms with Crippen LogP contribution >= 0.6 is 11.6 Å². The molecule has 0 bridgehead atoms. The Labute approximate surface area is 119 Å². The van der Waals surface area contributed by atoms with Gasteiger partial charge >= 0.3 is 0 Å². The quantitative estimate of drug-likeness (QED) is 0.346. The lowest BCUT2D eigenvalue weighted by atomic mass is 9.84. The molecule has 1 N–H and O–H groups in total. The predicted molar refractivity (Wildman–Crippen MR) is 82.4 cm³/mol. The molecule has 0 aliphatic heterocycles. The molecule has 0 radical (unpaired) electrons. The molecule has 0 aromatic rings. The third-order valence-corrected chi connectivity index (χ3v) is 4.04. The van der Waals surface area contributed by atoms with E-state index in [0.29, 0.717) is 12.0 Å². The van der Waals surface area contributed by atoms with E-state index >= 15 is 0 Å². The van der Waals surface area contributed by atoms with E-state index in [1.54, 1.807) is 0 Å². The molecule has 18 heavy (non-hydrogen) atoms. The van der Waals surface area contributed by atoms with Crippen LogP contribution in [-0.2, 0) is 0 Å². The van der Waals surface area contributed by atoms with Crippen molar-refractivity contribution in [3.8, 4) is 0 Å². The summed E-state index contributed by atoms with van der Waals surface area (Å²) in [7, 11) is 0. The number of aliphatic hydroxyl groups is 1. The Morgan fingerprint density at radius 3 is 1.61 bits per heavy atom. The van der Waals surface area contributed by atoms with Crippen LogP contribution in [0.1, 0.15) is 84.5 Å². The van der Waals surface area contributed by atoms with Crippen molar-refractivity contribution in [2.75, 3.05) is 12.5 Å². The van der Waals surface area contributed by atoms with Gasteiger partial charge in [0.1, 0.15) is 0 Å². The second-order valence-corrected chi connectivity index (χ2v) is 6.64. The lowest BCUT2D eigenvalue weighted by Crippen LogP contribution is -2.12. The monoisotopic (exact) mass is 276 g/mol. The van der Waals surface area contributed by atoms with E-state index in [1.807, 2.05) is 0 Å². The minimum absolute atomic E-state index is 0.329. The van der Waals surface area contributed by atoms with Crippen molar-refractivity contribution in [3.63, 3.8) is 0 Å². The highest BCUT2D eigenvalue weighted by Gasteiger charge is 2.15. The van der Waals surface area contributed by atoms with Crippen molar-refractivity contribution in [1.29, 1.82) is 0 Å². The van der Waals surface area contributed by atoms with Crippen LogP contribution in [0.25, 0.3) is 0 Å². The number of hydrogen-bond acceptors (Lipinski definition) is 1. The largest absolute Gasteiger partial charge is 0.396 e. The summed E-state index contributed by atoms with van der Waals surface area (Å²) in [6.45, 7) is 4.86. The van der Waals surface area contributed by atoms with Gasteiger partial charge < -0.3 is 5.11 Å². The fourth-order valence-corrected chi connectivity index (χ4v) is 2.55. The molecule has 0 aliphatic rings. The molecule has 1 nitrogen and oxygen atoms in total. The van der Waals surface area contributed by atoms with Crippen molar-refractivity contribution in [2.45, 2.75) is 84.5 Å². The molecule has 2 heteroatoms. The van der Waals surface area contributed by atoms with Gasteiger partial charge in [0.05, 0.1) is 0 Å². The van der Waals surface area contributed by atoms with Crippen LogP contribution in [0.4, 0.5) is 0 Å². The summed E-state index contributed by atoms with van der Waals surface area (Å²) >= 11 is 5.64. The molecule has 0 fully saturated rings. The second-order valence-electron chi connectivity index (χ2n) is 6.26. The Hall–Kier alpha value is 0.250. The van der Waals surface area contributed by atoms with Gasteiger partial charge in [0.2, 0.25) is 0 Å². The van der Waals surface area contributed by atoms with Crippen molar-refractivity contribution in [2.24, 2.45) is 5.41 Å². The molecular weight excluding hydrogens is 244 g/mol. The van der Waals surface area contributed by atoms with Crippen molar-refractivity contribution >= 4 is 11.6 Å². The molecule has 0 aromatic heterocycles. The van der Waals surface area contributed by atoms with E-state index in [4.69, 9.17) is 16.7 Å². The number of hydrogen-bond donors (Lipinski definition) is 1. The summed E-state index contributed by atoms with van der Waals surface area (Å²) < 4.78 is 0. The standard InChI is InChI=1S/C16H33ClO/c1-16(2,13-15-18)12-10-8-6-4-3-5-7-9-11-14-17/h18H,3-15H2,1-2H3. The highest BCUT2D eigenvalue weighted by Crippen LogP contribution is 2.27. The number of halogens is 1. The number of aliphatic hydroxyl groups excluding tert-OH is 1. The first-order valence-electron chi connectivity index (χ1n) is 7.79. The fourth-order valence-electron chi connectivity index (χ4n) is 2.36. The predicted octanol–water partition coefficient (Wildman–Crippen LogP) is 5.53. The maximum absolute atomic E-state index is 8.95. The Balaban J connectivity index is 3.16. The molecule has 0 spiro atoms. The minimum atomic E-state index is 0.329. The molecule has 0 aromatic carbocycles. The Morgan fingerprint density at radius 1 is 0.722 bits per heavy atom. The average molecular weight is 277 g/mol. The Kier molecular flexibility index (Phi) is 12.5. The van der Waals surface area contributed by atoms with Crippen LogP contribution in [0.3, 0.4) is 0 Å². The molecule has 0 saturated carbocycles. The second kappa shape index (κ2) is 12.3. The molecule has 0 unspecified atom stereocenters. The van der Waals surface area contributed by atoms with Gasteiger partial charge in [-0.25, -0.2) is 0 Å². The van der Waals surface area contributed by atoms with Gasteiger partial charge in [-0.1, -0.05) is 65.2 Å². The van der Waals surface area contributed by atoms with Crippen LogP contribution < -0.4 is 0 Å². The first-order chi connectivity index (χ1) is 8.62. The van der Waals surface area contributed by atoms with Crippen molar-refractivity contribution in [1.82, 2.24) is 0 Å². The summed E-state index contributed by atoms with van der Waals surface area (Å²) in [5.41, 5.74) is 0.330. The molecule has 110 valence electrons. The van der Waals surface area contributed by atoms with Gasteiger partial charge in [-0.2, -0.15) is 0 Å². The van der Waals surface area contributed by atoms with Crippen LogP contribution in [-0.4, -0.2) is 17.6 Å². The number of rotatable bonds is 13. The van der Waals surface area contributed by atoms with Crippen molar-refractivity contribution < 1.29 is 5.11 Å². The highest BCUT2D eigenvalue weighted by molar-refractivity contribution is 6.17. The van der Waals surface area contributed by atoms with Crippen LogP contribution in [0.15, 0.2) is 0 Å². The molecule has 0 saturated heterocycles. The lowest BCUT2D eigenvalue weighted by molar-refractivity contribution is 0.198. The van der Waals surface area contributed by atoms with Crippen molar-refractivity contribution in [3.05, 3.63) is 0 Å². The van der Waals surface area contributed by atoms with Gasteiger partial charge in [-0.15, -0.1) is 11.6 Å². The first-order valence-corrected chi connectivity index (χ1v) is 8.33. The average Bonchev–Trinajstić information content (AvgIpc) is 2.31. The third kappa shape index (κ3) is 12.7. The third-order valence-electron chi connectivity index (χ3n) is 3.78. The number of alkyl halides is 1. The molecule has 0 rings (SSSR count). The molecule has 0 amide bonds. The summed E-state index contributed by atoms with van der Waals surface area (Å²) in [4.78, 5) is 0. The molecule has 0 heterocycles. The van der Waals surface area contributed by atoms with Gasteiger partial charge in [-0.3, -0.25) is 0 Å². The van der Waals surface area contributed by atoms with Crippen LogP contribution in [0, 0.1) is 5.41 Å². The summed E-state index contributed by atoms with van der Waals surface area (Å²) in [6.07, 6.45) is 14.3. The van der Waals surface area contributed by atoms with Crippen LogP contribution in [0.5, 0.6) is 0 Å². The van der Waals surface area contributed by atoms with Gasteiger partial charge in [0.25, 0.3) is 0 Å². The Morgan fingerprint density at radius 2 is 1.17 bits per heavy atom. The van der Waals surface area contributed by atoms with E-state index < -0.39 is 0 Å². The van der Waals surface area contributed by atoms with E-state index in [9.17, 15) is 0 Å². The normalized spacial score (nSPS) is 12.0. The lowest BCUT2D eigenvalue weighted by Gasteiger charge is -2.23. The molecule has 0 aliphatic carbocycles. The van der Waals surface area contributed by atoms with Gasteiger partial charge in [0, 0.05) is 12.5 Å². The van der Waals surface area contributed by atoms with Crippen LogP contribution in [0.2, 0.25) is 0 Å². The minimum Gasteiger partial charge on any atom is -0.396 e. The van der Waals surface area contributed by atoms with Gasteiger partial charge in [0.15, 0.2) is 0 Å². The summed E-state index contributed by atoms with van der Waals surface area (Å²) in [5.74, 6) is 0.823. The van der Waals surface area contributed by atoms with E-state index in [2.05, 4.69) is 13.8 Å². The number of unbranched alkanes of at least 4 members (excludes halogenated alkanes) is 8. The first kappa shape index (κ1) is 18.2. The van der Waals surface area contributed by atoms with E-state index in [0.717, 1.165) is 12.3 Å². The molecular formula is C16H33ClO. The zero-order chi connectivity index (χ0) is 13.7. The fraction of sp³-hybridized carbons (Fsp3) is 1.00. The van der Waals surface area contributed by atoms with Gasteiger partial charge in [-0.05, 0) is 24.7 Å². The Bertz CT molecular complexity index is 168.